The molecule has 0 atom stereocenters. The normalized spacial score (nSPS) is 10.3. The Morgan fingerprint density at radius 2 is 1.63 bits per heavy atom. The molecule has 0 aromatic heterocycles. The Hall–Kier alpha value is -1.96. The van der Waals surface area contributed by atoms with Gasteiger partial charge in [0.1, 0.15) is 5.75 Å². The number of aryl methyl sites for hydroxylation is 3. The Morgan fingerprint density at radius 3 is 2.21 bits per heavy atom. The SMILES string of the molecule is COc1ccc(CNc2cc(C)cc(C)c2)c(C)c1. The van der Waals surface area contributed by atoms with Crippen molar-refractivity contribution in [2.45, 2.75) is 27.3 Å². The molecule has 0 fully saturated rings. The number of methoxy groups -OCH3 is 1. The third-order valence-corrected chi connectivity index (χ3v) is 3.25. The monoisotopic (exact) mass is 255 g/mol. The highest BCUT2D eigenvalue weighted by molar-refractivity contribution is 5.49. The lowest BCUT2D eigenvalue weighted by Gasteiger charge is -2.11. The third kappa shape index (κ3) is 3.50. The zero-order valence-electron chi connectivity index (χ0n) is 12.1. The number of ether oxygens (including phenoxy) is 1. The number of rotatable bonds is 4. The van der Waals surface area contributed by atoms with Crippen LogP contribution in [0, 0.1) is 20.8 Å². The van der Waals surface area contributed by atoms with Crippen molar-refractivity contribution >= 4 is 5.69 Å². The van der Waals surface area contributed by atoms with Gasteiger partial charge in [0.2, 0.25) is 0 Å². The van der Waals surface area contributed by atoms with E-state index in [1.54, 1.807) is 7.11 Å². The fourth-order valence-electron chi connectivity index (χ4n) is 2.27. The standard InChI is InChI=1S/C17H21NO/c1-12-7-13(2)9-16(8-12)18-11-15-5-6-17(19-4)10-14(15)3/h5-10,18H,11H2,1-4H3. The van der Waals surface area contributed by atoms with Crippen LogP contribution >= 0.6 is 0 Å². The summed E-state index contributed by atoms with van der Waals surface area (Å²) in [5, 5.41) is 3.48. The predicted octanol–water partition coefficient (Wildman–Crippen LogP) is 4.23. The van der Waals surface area contributed by atoms with Gasteiger partial charge in [-0.3, -0.25) is 0 Å². The molecule has 0 radical (unpaired) electrons. The maximum atomic E-state index is 5.22. The lowest BCUT2D eigenvalue weighted by Crippen LogP contribution is -2.02. The molecular formula is C17H21NO. The summed E-state index contributed by atoms with van der Waals surface area (Å²) in [6.45, 7) is 7.19. The first-order chi connectivity index (χ1) is 9.08. The molecule has 0 aliphatic heterocycles. The number of benzene rings is 2. The van der Waals surface area contributed by atoms with Gasteiger partial charge < -0.3 is 10.1 Å². The fraction of sp³-hybridized carbons (Fsp3) is 0.294. The van der Waals surface area contributed by atoms with Crippen molar-refractivity contribution in [2.75, 3.05) is 12.4 Å². The Kier molecular flexibility index (Phi) is 4.10. The van der Waals surface area contributed by atoms with Gasteiger partial charge in [-0.25, -0.2) is 0 Å². The van der Waals surface area contributed by atoms with Gasteiger partial charge in [-0.05, 0) is 67.3 Å². The summed E-state index contributed by atoms with van der Waals surface area (Å²) in [5.74, 6) is 0.910. The average molecular weight is 255 g/mol. The van der Waals surface area contributed by atoms with Crippen LogP contribution in [-0.2, 0) is 6.54 Å². The molecule has 0 heterocycles. The van der Waals surface area contributed by atoms with Gasteiger partial charge in [-0.15, -0.1) is 0 Å². The zero-order chi connectivity index (χ0) is 13.8. The van der Waals surface area contributed by atoms with Crippen LogP contribution in [0.4, 0.5) is 5.69 Å². The maximum Gasteiger partial charge on any atom is 0.119 e. The molecule has 0 saturated carbocycles. The average Bonchev–Trinajstić information content (AvgIpc) is 2.36. The molecule has 0 aliphatic carbocycles. The largest absolute Gasteiger partial charge is 0.497 e. The van der Waals surface area contributed by atoms with E-state index in [1.807, 2.05) is 6.07 Å². The van der Waals surface area contributed by atoms with E-state index < -0.39 is 0 Å². The molecule has 0 amide bonds. The summed E-state index contributed by atoms with van der Waals surface area (Å²) in [5.41, 5.74) is 6.28. The molecule has 2 rings (SSSR count). The molecule has 2 heteroatoms. The first kappa shape index (κ1) is 13.5. The minimum absolute atomic E-state index is 0.832. The molecule has 2 aromatic carbocycles. The number of hydrogen-bond acceptors (Lipinski definition) is 2. The maximum absolute atomic E-state index is 5.22. The topological polar surface area (TPSA) is 21.3 Å². The predicted molar refractivity (Wildman–Crippen MR) is 81.0 cm³/mol. The Labute approximate surface area is 115 Å². The molecule has 2 aromatic rings. The van der Waals surface area contributed by atoms with E-state index in [4.69, 9.17) is 4.74 Å². The van der Waals surface area contributed by atoms with E-state index in [2.05, 4.69) is 56.4 Å². The second-order valence-corrected chi connectivity index (χ2v) is 5.02. The van der Waals surface area contributed by atoms with Crippen LogP contribution in [0.5, 0.6) is 5.75 Å². The van der Waals surface area contributed by atoms with Crippen LogP contribution in [0.3, 0.4) is 0 Å². The Balaban J connectivity index is 2.10. The fourth-order valence-corrected chi connectivity index (χ4v) is 2.27. The van der Waals surface area contributed by atoms with Gasteiger partial charge in [0, 0.05) is 12.2 Å². The molecule has 0 aliphatic rings. The molecule has 19 heavy (non-hydrogen) atoms. The minimum atomic E-state index is 0.832. The van der Waals surface area contributed by atoms with Crippen molar-refractivity contribution in [1.29, 1.82) is 0 Å². The second kappa shape index (κ2) is 5.79. The van der Waals surface area contributed by atoms with Gasteiger partial charge in [-0.2, -0.15) is 0 Å². The van der Waals surface area contributed by atoms with Gasteiger partial charge in [0.05, 0.1) is 7.11 Å². The molecule has 0 spiro atoms. The van der Waals surface area contributed by atoms with Crippen LogP contribution in [0.25, 0.3) is 0 Å². The van der Waals surface area contributed by atoms with Crippen LogP contribution in [0.15, 0.2) is 36.4 Å². The Bertz CT molecular complexity index is 555. The van der Waals surface area contributed by atoms with Crippen LogP contribution in [0.1, 0.15) is 22.3 Å². The summed E-state index contributed by atoms with van der Waals surface area (Å²) in [7, 11) is 1.70. The molecule has 1 N–H and O–H groups in total. The number of hydrogen-bond donors (Lipinski definition) is 1. The van der Waals surface area contributed by atoms with Gasteiger partial charge in [-0.1, -0.05) is 12.1 Å². The summed E-state index contributed by atoms with van der Waals surface area (Å²) < 4.78 is 5.22. The highest BCUT2D eigenvalue weighted by Gasteiger charge is 2.01. The number of anilines is 1. The van der Waals surface area contributed by atoms with Crippen molar-refractivity contribution in [1.82, 2.24) is 0 Å². The van der Waals surface area contributed by atoms with E-state index in [0.29, 0.717) is 0 Å². The summed E-state index contributed by atoms with van der Waals surface area (Å²) in [6.07, 6.45) is 0. The molecule has 0 saturated heterocycles. The lowest BCUT2D eigenvalue weighted by atomic mass is 10.1. The first-order valence-corrected chi connectivity index (χ1v) is 6.54. The van der Waals surface area contributed by atoms with Crippen LogP contribution in [0.2, 0.25) is 0 Å². The third-order valence-electron chi connectivity index (χ3n) is 3.25. The van der Waals surface area contributed by atoms with E-state index in [0.717, 1.165) is 12.3 Å². The van der Waals surface area contributed by atoms with Gasteiger partial charge in [0.15, 0.2) is 0 Å². The Morgan fingerprint density at radius 1 is 0.947 bits per heavy atom. The quantitative estimate of drug-likeness (QED) is 0.882. The van der Waals surface area contributed by atoms with E-state index in [-0.39, 0.29) is 0 Å². The van der Waals surface area contributed by atoms with E-state index in [9.17, 15) is 0 Å². The van der Waals surface area contributed by atoms with Crippen molar-refractivity contribution in [2.24, 2.45) is 0 Å². The molecule has 0 bridgehead atoms. The van der Waals surface area contributed by atoms with Crippen LogP contribution < -0.4 is 10.1 Å². The number of nitrogens with one attached hydrogen (secondary N) is 1. The van der Waals surface area contributed by atoms with Crippen molar-refractivity contribution < 1.29 is 4.74 Å². The van der Waals surface area contributed by atoms with Gasteiger partial charge >= 0.3 is 0 Å². The summed E-state index contributed by atoms with van der Waals surface area (Å²) >= 11 is 0. The molecule has 0 unspecified atom stereocenters. The van der Waals surface area contributed by atoms with Crippen molar-refractivity contribution in [3.63, 3.8) is 0 Å². The minimum Gasteiger partial charge on any atom is -0.497 e. The first-order valence-electron chi connectivity index (χ1n) is 6.54. The van der Waals surface area contributed by atoms with E-state index in [1.165, 1.54) is 27.9 Å². The zero-order valence-corrected chi connectivity index (χ0v) is 12.1. The second-order valence-electron chi connectivity index (χ2n) is 5.02. The lowest BCUT2D eigenvalue weighted by molar-refractivity contribution is 0.414. The summed E-state index contributed by atoms with van der Waals surface area (Å²) in [4.78, 5) is 0. The van der Waals surface area contributed by atoms with Crippen LogP contribution in [-0.4, -0.2) is 7.11 Å². The highest BCUT2D eigenvalue weighted by atomic mass is 16.5. The molecular weight excluding hydrogens is 234 g/mol. The smallest absolute Gasteiger partial charge is 0.119 e. The molecule has 100 valence electrons. The van der Waals surface area contributed by atoms with E-state index >= 15 is 0 Å². The van der Waals surface area contributed by atoms with Crippen molar-refractivity contribution in [3.05, 3.63) is 58.7 Å². The summed E-state index contributed by atoms with van der Waals surface area (Å²) in [6, 6.07) is 12.7. The highest BCUT2D eigenvalue weighted by Crippen LogP contribution is 2.19. The molecule has 2 nitrogen and oxygen atoms in total. The van der Waals surface area contributed by atoms with Gasteiger partial charge in [0.25, 0.3) is 0 Å². The van der Waals surface area contributed by atoms with Crippen molar-refractivity contribution in [3.8, 4) is 5.75 Å².